The number of carbonyl (C=O) groups is 2. The van der Waals surface area contributed by atoms with E-state index in [2.05, 4.69) is 5.32 Å². The Morgan fingerprint density at radius 3 is 2.19 bits per heavy atom. The van der Waals surface area contributed by atoms with E-state index in [0.29, 0.717) is 29.4 Å². The SMILES string of the molecule is CCCOc1ccc(C(=O)O[C@H](C)C(=O)Nc2ccc(OC)cc2)cc1. The Kier molecular flexibility index (Phi) is 7.02. The maximum atomic E-state index is 12.2. The molecule has 0 saturated heterocycles. The number of anilines is 1. The first kappa shape index (κ1) is 19.3. The molecule has 0 bridgehead atoms. The van der Waals surface area contributed by atoms with Gasteiger partial charge >= 0.3 is 5.97 Å². The molecule has 1 N–H and O–H groups in total. The van der Waals surface area contributed by atoms with Crippen LogP contribution in [-0.2, 0) is 9.53 Å². The van der Waals surface area contributed by atoms with Crippen molar-refractivity contribution in [2.24, 2.45) is 0 Å². The normalized spacial score (nSPS) is 11.3. The molecule has 0 unspecified atom stereocenters. The molecule has 0 saturated carbocycles. The van der Waals surface area contributed by atoms with E-state index in [1.807, 2.05) is 6.92 Å². The molecule has 0 spiro atoms. The fourth-order valence-corrected chi connectivity index (χ4v) is 2.11. The molecule has 0 radical (unpaired) electrons. The topological polar surface area (TPSA) is 73.9 Å². The van der Waals surface area contributed by atoms with Crippen molar-refractivity contribution in [3.05, 3.63) is 54.1 Å². The van der Waals surface area contributed by atoms with Crippen LogP contribution in [0.25, 0.3) is 0 Å². The molecule has 0 fully saturated rings. The zero-order valence-electron chi connectivity index (χ0n) is 15.2. The Hall–Kier alpha value is -3.02. The average molecular weight is 357 g/mol. The van der Waals surface area contributed by atoms with Gasteiger partial charge in [0.1, 0.15) is 11.5 Å². The van der Waals surface area contributed by atoms with Crippen molar-refractivity contribution in [1.82, 2.24) is 0 Å². The van der Waals surface area contributed by atoms with E-state index in [-0.39, 0.29) is 0 Å². The van der Waals surface area contributed by atoms with E-state index in [4.69, 9.17) is 14.2 Å². The summed E-state index contributed by atoms with van der Waals surface area (Å²) in [4.78, 5) is 24.3. The van der Waals surface area contributed by atoms with Gasteiger partial charge in [-0.2, -0.15) is 0 Å². The highest BCUT2D eigenvalue weighted by atomic mass is 16.5. The average Bonchev–Trinajstić information content (AvgIpc) is 2.67. The lowest BCUT2D eigenvalue weighted by Gasteiger charge is -2.14. The van der Waals surface area contributed by atoms with Gasteiger partial charge < -0.3 is 19.5 Å². The van der Waals surface area contributed by atoms with Crippen molar-refractivity contribution >= 4 is 17.6 Å². The molecule has 2 aromatic rings. The first-order chi connectivity index (χ1) is 12.5. The van der Waals surface area contributed by atoms with E-state index in [9.17, 15) is 9.59 Å². The molecule has 0 aliphatic heterocycles. The number of esters is 1. The van der Waals surface area contributed by atoms with Crippen LogP contribution in [0, 0.1) is 0 Å². The lowest BCUT2D eigenvalue weighted by Crippen LogP contribution is -2.29. The molecule has 138 valence electrons. The number of nitrogens with one attached hydrogen (secondary N) is 1. The molecule has 1 amide bonds. The molecule has 0 heterocycles. The highest BCUT2D eigenvalue weighted by molar-refractivity contribution is 5.97. The largest absolute Gasteiger partial charge is 0.497 e. The third-order valence-corrected chi connectivity index (χ3v) is 3.57. The van der Waals surface area contributed by atoms with Gasteiger partial charge in [0.15, 0.2) is 6.10 Å². The number of rotatable bonds is 8. The summed E-state index contributed by atoms with van der Waals surface area (Å²) >= 11 is 0. The number of hydrogen-bond donors (Lipinski definition) is 1. The number of hydrogen-bond acceptors (Lipinski definition) is 5. The maximum Gasteiger partial charge on any atom is 0.338 e. The Bertz CT molecular complexity index is 725. The minimum atomic E-state index is -0.930. The minimum Gasteiger partial charge on any atom is -0.497 e. The van der Waals surface area contributed by atoms with Crippen LogP contribution >= 0.6 is 0 Å². The summed E-state index contributed by atoms with van der Waals surface area (Å²) in [6, 6.07) is 13.5. The monoisotopic (exact) mass is 357 g/mol. The number of amides is 1. The molecule has 6 nitrogen and oxygen atoms in total. The predicted octanol–water partition coefficient (Wildman–Crippen LogP) is 3.67. The minimum absolute atomic E-state index is 0.359. The number of benzene rings is 2. The Morgan fingerprint density at radius 1 is 1.00 bits per heavy atom. The lowest BCUT2D eigenvalue weighted by atomic mass is 10.2. The lowest BCUT2D eigenvalue weighted by molar-refractivity contribution is -0.123. The van der Waals surface area contributed by atoms with Crippen LogP contribution in [-0.4, -0.2) is 31.7 Å². The van der Waals surface area contributed by atoms with Crippen LogP contribution in [0.2, 0.25) is 0 Å². The highest BCUT2D eigenvalue weighted by Crippen LogP contribution is 2.16. The predicted molar refractivity (Wildman–Crippen MR) is 98.7 cm³/mol. The number of methoxy groups -OCH3 is 1. The first-order valence-corrected chi connectivity index (χ1v) is 8.42. The Labute approximate surface area is 153 Å². The van der Waals surface area contributed by atoms with E-state index in [1.165, 1.54) is 6.92 Å². The molecule has 26 heavy (non-hydrogen) atoms. The van der Waals surface area contributed by atoms with Crippen LogP contribution in [0.3, 0.4) is 0 Å². The van der Waals surface area contributed by atoms with Crippen LogP contribution < -0.4 is 14.8 Å². The van der Waals surface area contributed by atoms with Gasteiger partial charge in [0.2, 0.25) is 0 Å². The van der Waals surface area contributed by atoms with E-state index < -0.39 is 18.0 Å². The summed E-state index contributed by atoms with van der Waals surface area (Å²) in [5, 5.41) is 2.69. The third-order valence-electron chi connectivity index (χ3n) is 3.57. The summed E-state index contributed by atoms with van der Waals surface area (Å²) in [5.74, 6) is 0.401. The van der Waals surface area contributed by atoms with Crippen molar-refractivity contribution in [3.63, 3.8) is 0 Å². The maximum absolute atomic E-state index is 12.2. The van der Waals surface area contributed by atoms with Gasteiger partial charge in [0.05, 0.1) is 19.3 Å². The van der Waals surface area contributed by atoms with Gasteiger partial charge in [-0.25, -0.2) is 4.79 Å². The van der Waals surface area contributed by atoms with Crippen molar-refractivity contribution in [2.75, 3.05) is 19.0 Å². The fourth-order valence-electron chi connectivity index (χ4n) is 2.11. The molecular formula is C20H23NO5. The molecule has 2 aromatic carbocycles. The van der Waals surface area contributed by atoms with Crippen LogP contribution in [0.1, 0.15) is 30.6 Å². The molecule has 1 atom stereocenters. The molecule has 2 rings (SSSR count). The first-order valence-electron chi connectivity index (χ1n) is 8.42. The fraction of sp³-hybridized carbons (Fsp3) is 0.300. The Morgan fingerprint density at radius 2 is 1.62 bits per heavy atom. The van der Waals surface area contributed by atoms with Gasteiger partial charge in [-0.1, -0.05) is 6.92 Å². The summed E-state index contributed by atoms with van der Waals surface area (Å²) in [7, 11) is 1.57. The number of carbonyl (C=O) groups excluding carboxylic acids is 2. The molecule has 0 aliphatic rings. The quantitative estimate of drug-likeness (QED) is 0.730. The van der Waals surface area contributed by atoms with Crippen molar-refractivity contribution in [3.8, 4) is 11.5 Å². The summed E-state index contributed by atoms with van der Waals surface area (Å²) in [6.07, 6.45) is -0.0226. The van der Waals surface area contributed by atoms with E-state index >= 15 is 0 Å². The van der Waals surface area contributed by atoms with Crippen LogP contribution in [0.5, 0.6) is 11.5 Å². The van der Waals surface area contributed by atoms with Gasteiger partial charge in [-0.05, 0) is 61.9 Å². The van der Waals surface area contributed by atoms with Gasteiger partial charge in [0, 0.05) is 5.69 Å². The second kappa shape index (κ2) is 9.46. The van der Waals surface area contributed by atoms with Gasteiger partial charge in [-0.3, -0.25) is 4.79 Å². The highest BCUT2D eigenvalue weighted by Gasteiger charge is 2.19. The van der Waals surface area contributed by atoms with Gasteiger partial charge in [-0.15, -0.1) is 0 Å². The summed E-state index contributed by atoms with van der Waals surface area (Å²) < 4.78 is 15.7. The van der Waals surface area contributed by atoms with Crippen molar-refractivity contribution in [2.45, 2.75) is 26.4 Å². The van der Waals surface area contributed by atoms with E-state index in [0.717, 1.165) is 6.42 Å². The zero-order chi connectivity index (χ0) is 18.9. The standard InChI is InChI=1S/C20H23NO5/c1-4-13-25-18-9-5-15(6-10-18)20(23)26-14(2)19(22)21-16-7-11-17(24-3)12-8-16/h5-12,14H,4,13H2,1-3H3,(H,21,22)/t14-/m1/s1. The van der Waals surface area contributed by atoms with Gasteiger partial charge in [0.25, 0.3) is 5.91 Å². The van der Waals surface area contributed by atoms with Crippen LogP contribution in [0.4, 0.5) is 5.69 Å². The van der Waals surface area contributed by atoms with Crippen molar-refractivity contribution in [1.29, 1.82) is 0 Å². The molecule has 0 aliphatic carbocycles. The number of ether oxygens (including phenoxy) is 3. The third kappa shape index (κ3) is 5.51. The molecule has 0 aromatic heterocycles. The van der Waals surface area contributed by atoms with Crippen LogP contribution in [0.15, 0.2) is 48.5 Å². The van der Waals surface area contributed by atoms with Crippen molar-refractivity contribution < 1.29 is 23.8 Å². The zero-order valence-corrected chi connectivity index (χ0v) is 15.2. The second-order valence-corrected chi connectivity index (χ2v) is 5.64. The Balaban J connectivity index is 1.89. The second-order valence-electron chi connectivity index (χ2n) is 5.64. The smallest absolute Gasteiger partial charge is 0.338 e. The summed E-state index contributed by atoms with van der Waals surface area (Å²) in [5.41, 5.74) is 0.953. The molecular weight excluding hydrogens is 334 g/mol. The molecule has 6 heteroatoms. The van der Waals surface area contributed by atoms with E-state index in [1.54, 1.807) is 55.6 Å². The summed E-state index contributed by atoms with van der Waals surface area (Å²) in [6.45, 7) is 4.16.